The maximum atomic E-state index is 5.98. The van der Waals surface area contributed by atoms with Crippen molar-refractivity contribution in [2.45, 2.75) is 11.8 Å². The summed E-state index contributed by atoms with van der Waals surface area (Å²) in [5, 5.41) is 4.16. The van der Waals surface area contributed by atoms with Crippen molar-refractivity contribution in [3.8, 4) is 5.75 Å². The molecule has 0 saturated carbocycles. The lowest BCUT2D eigenvalue weighted by atomic mass is 9.73. The van der Waals surface area contributed by atoms with Crippen LogP contribution in [0.5, 0.6) is 5.75 Å². The van der Waals surface area contributed by atoms with E-state index in [-0.39, 0.29) is 5.41 Å². The third-order valence-electron chi connectivity index (χ3n) is 4.03. The minimum atomic E-state index is 0.177. The predicted molar refractivity (Wildman–Crippen MR) is 90.3 cm³/mol. The van der Waals surface area contributed by atoms with E-state index < -0.39 is 0 Å². The van der Waals surface area contributed by atoms with Crippen LogP contribution in [-0.2, 0) is 5.41 Å². The first-order valence-corrected chi connectivity index (χ1v) is 8.20. The Bertz CT molecular complexity index is 610. The molecule has 2 nitrogen and oxygen atoms in total. The molecule has 3 rings (SSSR count). The topological polar surface area (TPSA) is 21.3 Å². The molecule has 1 N–H and O–H groups in total. The average molecular weight is 367 g/mol. The number of benzene rings is 2. The van der Waals surface area contributed by atoms with Gasteiger partial charge in [0.25, 0.3) is 0 Å². The van der Waals surface area contributed by atoms with Crippen molar-refractivity contribution in [2.24, 2.45) is 0 Å². The molecule has 2 aromatic rings. The van der Waals surface area contributed by atoms with Gasteiger partial charge in [-0.2, -0.15) is 0 Å². The molecular weight excluding hydrogens is 350 g/mol. The molecule has 0 aromatic heterocycles. The van der Waals surface area contributed by atoms with Gasteiger partial charge in [-0.25, -0.2) is 0 Å². The summed E-state index contributed by atoms with van der Waals surface area (Å²) in [6, 6.07) is 16.1. The number of ether oxygens (including phenoxy) is 1. The van der Waals surface area contributed by atoms with Gasteiger partial charge in [0.05, 0.1) is 6.61 Å². The zero-order valence-corrected chi connectivity index (χ0v) is 14.0. The Hall–Kier alpha value is -1.03. The highest BCUT2D eigenvalue weighted by Crippen LogP contribution is 2.33. The van der Waals surface area contributed by atoms with Crippen LogP contribution >= 0.6 is 27.5 Å². The van der Waals surface area contributed by atoms with Gasteiger partial charge in [0.1, 0.15) is 5.75 Å². The SMILES string of the molecule is Clc1ccc(C2(CCOc3cccc(Br)c3)CNC2)cc1. The second-order valence-electron chi connectivity index (χ2n) is 5.45. The minimum Gasteiger partial charge on any atom is -0.494 e. The molecule has 1 aliphatic rings. The number of nitrogens with one attached hydrogen (secondary N) is 1. The molecule has 4 heteroatoms. The molecule has 1 saturated heterocycles. The van der Waals surface area contributed by atoms with Gasteiger partial charge in [-0.3, -0.25) is 0 Å². The van der Waals surface area contributed by atoms with Gasteiger partial charge in [0, 0.05) is 28.0 Å². The first-order valence-electron chi connectivity index (χ1n) is 7.03. The molecule has 0 amide bonds. The molecule has 0 bridgehead atoms. The molecule has 1 fully saturated rings. The van der Waals surface area contributed by atoms with Crippen molar-refractivity contribution >= 4 is 27.5 Å². The Kier molecular flexibility index (Phi) is 4.53. The zero-order valence-electron chi connectivity index (χ0n) is 11.6. The Morgan fingerprint density at radius 1 is 1.14 bits per heavy atom. The van der Waals surface area contributed by atoms with Gasteiger partial charge in [0.15, 0.2) is 0 Å². The standard InChI is InChI=1S/C17H17BrClNO/c18-14-2-1-3-16(10-14)21-9-8-17(11-20-12-17)13-4-6-15(19)7-5-13/h1-7,10,20H,8-9,11-12H2. The molecule has 1 aliphatic heterocycles. The van der Waals surface area contributed by atoms with E-state index in [0.717, 1.165) is 34.8 Å². The lowest BCUT2D eigenvalue weighted by molar-refractivity contribution is 0.199. The molecule has 0 radical (unpaired) electrons. The van der Waals surface area contributed by atoms with Crippen molar-refractivity contribution in [1.29, 1.82) is 0 Å². The van der Waals surface area contributed by atoms with Crippen LogP contribution in [0.2, 0.25) is 5.02 Å². The van der Waals surface area contributed by atoms with Crippen LogP contribution in [0.15, 0.2) is 53.0 Å². The van der Waals surface area contributed by atoms with E-state index in [4.69, 9.17) is 16.3 Å². The fourth-order valence-corrected chi connectivity index (χ4v) is 3.18. The van der Waals surface area contributed by atoms with Gasteiger partial charge in [-0.15, -0.1) is 0 Å². The first-order chi connectivity index (χ1) is 10.2. The first kappa shape index (κ1) is 14.9. The monoisotopic (exact) mass is 365 g/mol. The summed E-state index contributed by atoms with van der Waals surface area (Å²) < 4.78 is 6.92. The van der Waals surface area contributed by atoms with Crippen molar-refractivity contribution in [3.05, 3.63) is 63.6 Å². The lowest BCUT2D eigenvalue weighted by Crippen LogP contribution is -2.57. The Balaban J connectivity index is 1.63. The van der Waals surface area contributed by atoms with Crippen LogP contribution in [0, 0.1) is 0 Å². The quantitative estimate of drug-likeness (QED) is 0.846. The number of hydrogen-bond acceptors (Lipinski definition) is 2. The van der Waals surface area contributed by atoms with E-state index in [1.165, 1.54) is 5.56 Å². The highest BCUT2D eigenvalue weighted by Gasteiger charge is 2.38. The summed E-state index contributed by atoms with van der Waals surface area (Å²) in [7, 11) is 0. The summed E-state index contributed by atoms with van der Waals surface area (Å²) in [6.07, 6.45) is 0.994. The van der Waals surface area contributed by atoms with Crippen molar-refractivity contribution < 1.29 is 4.74 Å². The van der Waals surface area contributed by atoms with Crippen molar-refractivity contribution in [1.82, 2.24) is 5.32 Å². The second kappa shape index (κ2) is 6.39. The fourth-order valence-electron chi connectivity index (χ4n) is 2.68. The normalized spacial score (nSPS) is 16.3. The fraction of sp³-hybridized carbons (Fsp3) is 0.294. The van der Waals surface area contributed by atoms with Crippen LogP contribution in [-0.4, -0.2) is 19.7 Å². The van der Waals surface area contributed by atoms with Crippen LogP contribution < -0.4 is 10.1 Å². The van der Waals surface area contributed by atoms with E-state index >= 15 is 0 Å². The van der Waals surface area contributed by atoms with E-state index in [0.29, 0.717) is 6.61 Å². The van der Waals surface area contributed by atoms with Gasteiger partial charge in [0.2, 0.25) is 0 Å². The Labute approximate surface area is 138 Å². The lowest BCUT2D eigenvalue weighted by Gasteiger charge is -2.43. The van der Waals surface area contributed by atoms with Crippen LogP contribution in [0.4, 0.5) is 0 Å². The smallest absolute Gasteiger partial charge is 0.120 e. The summed E-state index contributed by atoms with van der Waals surface area (Å²) >= 11 is 9.44. The minimum absolute atomic E-state index is 0.177. The van der Waals surface area contributed by atoms with Gasteiger partial charge in [-0.1, -0.05) is 45.7 Å². The molecule has 0 unspecified atom stereocenters. The number of rotatable bonds is 5. The van der Waals surface area contributed by atoms with Crippen LogP contribution in [0.3, 0.4) is 0 Å². The highest BCUT2D eigenvalue weighted by atomic mass is 79.9. The second-order valence-corrected chi connectivity index (χ2v) is 6.80. The summed E-state index contributed by atoms with van der Waals surface area (Å²) in [5.74, 6) is 0.905. The van der Waals surface area contributed by atoms with Crippen molar-refractivity contribution in [2.75, 3.05) is 19.7 Å². The van der Waals surface area contributed by atoms with E-state index in [1.807, 2.05) is 36.4 Å². The largest absolute Gasteiger partial charge is 0.494 e. The molecule has 110 valence electrons. The number of halogens is 2. The van der Waals surface area contributed by atoms with E-state index in [9.17, 15) is 0 Å². The summed E-state index contributed by atoms with van der Waals surface area (Å²) in [4.78, 5) is 0. The van der Waals surface area contributed by atoms with E-state index in [1.54, 1.807) is 0 Å². The molecule has 21 heavy (non-hydrogen) atoms. The van der Waals surface area contributed by atoms with E-state index in [2.05, 4.69) is 33.4 Å². The molecule has 2 aromatic carbocycles. The third-order valence-corrected chi connectivity index (χ3v) is 4.77. The zero-order chi connectivity index (χ0) is 14.7. The Morgan fingerprint density at radius 2 is 1.90 bits per heavy atom. The number of hydrogen-bond donors (Lipinski definition) is 1. The molecule has 1 heterocycles. The third kappa shape index (κ3) is 3.42. The molecule has 0 atom stereocenters. The van der Waals surface area contributed by atoms with Crippen LogP contribution in [0.1, 0.15) is 12.0 Å². The van der Waals surface area contributed by atoms with Gasteiger partial charge in [-0.05, 0) is 42.3 Å². The summed E-state index contributed by atoms with van der Waals surface area (Å²) in [6.45, 7) is 2.70. The molecule has 0 aliphatic carbocycles. The molecular formula is C17H17BrClNO. The summed E-state index contributed by atoms with van der Waals surface area (Å²) in [5.41, 5.74) is 1.51. The maximum Gasteiger partial charge on any atom is 0.120 e. The van der Waals surface area contributed by atoms with Crippen LogP contribution in [0.25, 0.3) is 0 Å². The van der Waals surface area contributed by atoms with Gasteiger partial charge >= 0.3 is 0 Å². The molecule has 0 spiro atoms. The maximum absolute atomic E-state index is 5.98. The Morgan fingerprint density at radius 3 is 2.52 bits per heavy atom. The predicted octanol–water partition coefficient (Wildman–Crippen LogP) is 4.41. The highest BCUT2D eigenvalue weighted by molar-refractivity contribution is 9.10. The van der Waals surface area contributed by atoms with Crippen molar-refractivity contribution in [3.63, 3.8) is 0 Å². The average Bonchev–Trinajstić information content (AvgIpc) is 2.43. The van der Waals surface area contributed by atoms with Gasteiger partial charge < -0.3 is 10.1 Å².